The molecule has 0 spiro atoms. The summed E-state index contributed by atoms with van der Waals surface area (Å²) in [7, 11) is 0. The van der Waals surface area contributed by atoms with E-state index >= 15 is 0 Å². The summed E-state index contributed by atoms with van der Waals surface area (Å²) >= 11 is 0. The number of nitrogens with two attached hydrogens (primary N) is 1. The monoisotopic (exact) mass is 252 g/mol. The van der Waals surface area contributed by atoms with Crippen LogP contribution < -0.4 is 10.6 Å². The molecule has 3 rings (SSSR count). The molecule has 2 saturated heterocycles. The molecule has 1 aromatic carbocycles. The van der Waals surface area contributed by atoms with Gasteiger partial charge < -0.3 is 10.6 Å². The molecule has 0 aliphatic carbocycles. The zero-order valence-electron chi connectivity index (χ0n) is 10.3. The van der Waals surface area contributed by atoms with Crippen molar-refractivity contribution in [2.45, 2.75) is 50.2 Å². The van der Waals surface area contributed by atoms with E-state index in [9.17, 15) is 8.78 Å². The van der Waals surface area contributed by atoms with Gasteiger partial charge in [0.1, 0.15) is 11.6 Å². The molecule has 4 heteroatoms. The van der Waals surface area contributed by atoms with E-state index in [0.717, 1.165) is 31.7 Å². The highest BCUT2D eigenvalue weighted by Gasteiger charge is 2.37. The third-order valence-corrected chi connectivity index (χ3v) is 4.16. The molecular formula is C14H18F2N2. The summed E-state index contributed by atoms with van der Waals surface area (Å²) in [5, 5.41) is 0. The molecule has 2 unspecified atom stereocenters. The van der Waals surface area contributed by atoms with Crippen molar-refractivity contribution < 1.29 is 8.78 Å². The third kappa shape index (κ3) is 2.09. The molecule has 18 heavy (non-hydrogen) atoms. The van der Waals surface area contributed by atoms with Gasteiger partial charge in [0.05, 0.1) is 0 Å². The molecule has 2 atom stereocenters. The van der Waals surface area contributed by atoms with Crippen molar-refractivity contribution in [2.24, 2.45) is 5.73 Å². The maximum atomic E-state index is 13.3. The number of rotatable bonds is 1. The average Bonchev–Trinajstić information content (AvgIpc) is 2.26. The van der Waals surface area contributed by atoms with Gasteiger partial charge in [-0.05, 0) is 44.2 Å². The molecule has 0 amide bonds. The van der Waals surface area contributed by atoms with Crippen LogP contribution in [0.2, 0.25) is 0 Å². The maximum absolute atomic E-state index is 13.3. The Morgan fingerprint density at radius 1 is 1.00 bits per heavy atom. The quantitative estimate of drug-likeness (QED) is 0.832. The van der Waals surface area contributed by atoms with Gasteiger partial charge in [-0.25, -0.2) is 8.78 Å². The number of piperidine rings is 2. The first-order valence-corrected chi connectivity index (χ1v) is 6.63. The highest BCUT2D eigenvalue weighted by atomic mass is 19.1. The third-order valence-electron chi connectivity index (χ3n) is 4.16. The fraction of sp³-hybridized carbons (Fsp3) is 0.571. The minimum atomic E-state index is -0.502. The molecule has 0 aromatic heterocycles. The molecule has 0 radical (unpaired) electrons. The summed E-state index contributed by atoms with van der Waals surface area (Å²) in [4.78, 5) is 2.19. The molecule has 2 fully saturated rings. The summed E-state index contributed by atoms with van der Waals surface area (Å²) in [6, 6.07) is 4.71. The first kappa shape index (κ1) is 11.9. The summed E-state index contributed by atoms with van der Waals surface area (Å²) in [5.74, 6) is -1.00. The lowest BCUT2D eigenvalue weighted by molar-refractivity contribution is 0.271. The van der Waals surface area contributed by atoms with Gasteiger partial charge in [-0.15, -0.1) is 0 Å². The molecule has 2 heterocycles. The van der Waals surface area contributed by atoms with Gasteiger partial charge >= 0.3 is 0 Å². The lowest BCUT2D eigenvalue weighted by atomic mass is 9.81. The van der Waals surface area contributed by atoms with Crippen LogP contribution in [0.5, 0.6) is 0 Å². The second kappa shape index (κ2) is 4.50. The van der Waals surface area contributed by atoms with E-state index in [4.69, 9.17) is 5.73 Å². The second-order valence-electron chi connectivity index (χ2n) is 5.50. The largest absolute Gasteiger partial charge is 0.365 e. The predicted octanol–water partition coefficient (Wildman–Crippen LogP) is 2.81. The normalized spacial score (nSPS) is 31.5. The van der Waals surface area contributed by atoms with Crippen molar-refractivity contribution in [3.63, 3.8) is 0 Å². The van der Waals surface area contributed by atoms with Gasteiger partial charge in [0.25, 0.3) is 0 Å². The Morgan fingerprint density at radius 2 is 1.56 bits per heavy atom. The average molecular weight is 252 g/mol. The van der Waals surface area contributed by atoms with Crippen LogP contribution in [0.15, 0.2) is 18.2 Å². The first-order valence-electron chi connectivity index (χ1n) is 6.63. The van der Waals surface area contributed by atoms with Crippen LogP contribution in [0.3, 0.4) is 0 Å². The summed E-state index contributed by atoms with van der Waals surface area (Å²) in [6.07, 6.45) is 5.18. The van der Waals surface area contributed by atoms with Crippen molar-refractivity contribution in [3.05, 3.63) is 29.8 Å². The van der Waals surface area contributed by atoms with E-state index in [-0.39, 0.29) is 6.04 Å². The molecule has 0 saturated carbocycles. The lowest BCUT2D eigenvalue weighted by Crippen LogP contribution is -2.55. The molecule has 2 aliphatic rings. The number of anilines is 1. The van der Waals surface area contributed by atoms with Crippen LogP contribution in [0.4, 0.5) is 14.5 Å². The van der Waals surface area contributed by atoms with Crippen LogP contribution in [-0.2, 0) is 0 Å². The second-order valence-corrected chi connectivity index (χ2v) is 5.50. The van der Waals surface area contributed by atoms with Crippen LogP contribution >= 0.6 is 0 Å². The van der Waals surface area contributed by atoms with Crippen LogP contribution in [-0.4, -0.2) is 18.1 Å². The van der Waals surface area contributed by atoms with E-state index < -0.39 is 11.6 Å². The fourth-order valence-electron chi connectivity index (χ4n) is 3.53. The minimum absolute atomic E-state index is 0.231. The van der Waals surface area contributed by atoms with E-state index in [1.165, 1.54) is 18.6 Å². The number of nitrogens with zero attached hydrogens (tertiary/aromatic N) is 1. The van der Waals surface area contributed by atoms with E-state index in [1.807, 2.05) is 0 Å². The van der Waals surface area contributed by atoms with Crippen LogP contribution in [0.25, 0.3) is 0 Å². The van der Waals surface area contributed by atoms with Crippen molar-refractivity contribution in [1.82, 2.24) is 0 Å². The molecular weight excluding hydrogens is 234 g/mol. The van der Waals surface area contributed by atoms with Gasteiger partial charge in [0, 0.05) is 29.9 Å². The number of hydrogen-bond acceptors (Lipinski definition) is 2. The highest BCUT2D eigenvalue weighted by Crippen LogP contribution is 2.37. The Hall–Kier alpha value is -1.16. The van der Waals surface area contributed by atoms with Crippen molar-refractivity contribution in [1.29, 1.82) is 0 Å². The van der Waals surface area contributed by atoms with Crippen molar-refractivity contribution >= 4 is 5.69 Å². The van der Waals surface area contributed by atoms with Crippen LogP contribution in [0.1, 0.15) is 32.1 Å². The first-order chi connectivity index (χ1) is 8.63. The Balaban J connectivity index is 1.95. The molecule has 2 nitrogen and oxygen atoms in total. The Bertz CT molecular complexity index is 415. The van der Waals surface area contributed by atoms with E-state index in [2.05, 4.69) is 4.90 Å². The van der Waals surface area contributed by atoms with Crippen molar-refractivity contribution in [3.8, 4) is 0 Å². The van der Waals surface area contributed by atoms with E-state index in [0.29, 0.717) is 17.8 Å². The van der Waals surface area contributed by atoms with Crippen LogP contribution in [0, 0.1) is 11.6 Å². The number of halogens is 2. The molecule has 2 aliphatic heterocycles. The SMILES string of the molecule is NC1CC2CCCC(C1)N2c1cc(F)cc(F)c1. The fourth-order valence-corrected chi connectivity index (χ4v) is 3.53. The minimum Gasteiger partial charge on any atom is -0.365 e. The van der Waals surface area contributed by atoms with Gasteiger partial charge in [0.2, 0.25) is 0 Å². The number of benzene rings is 1. The number of fused-ring (bicyclic) bond motifs is 2. The lowest BCUT2D eigenvalue weighted by Gasteiger charge is -2.49. The van der Waals surface area contributed by atoms with Gasteiger partial charge in [-0.1, -0.05) is 0 Å². The Kier molecular flexibility index (Phi) is 2.98. The number of hydrogen-bond donors (Lipinski definition) is 1. The molecule has 2 bridgehead atoms. The van der Waals surface area contributed by atoms with Crippen molar-refractivity contribution in [2.75, 3.05) is 4.90 Å². The summed E-state index contributed by atoms with van der Waals surface area (Å²) in [5.41, 5.74) is 6.73. The summed E-state index contributed by atoms with van der Waals surface area (Å²) in [6.45, 7) is 0. The predicted molar refractivity (Wildman–Crippen MR) is 67.5 cm³/mol. The Labute approximate surface area is 106 Å². The van der Waals surface area contributed by atoms with Gasteiger partial charge in [0.15, 0.2) is 0 Å². The maximum Gasteiger partial charge on any atom is 0.128 e. The molecule has 2 N–H and O–H groups in total. The summed E-state index contributed by atoms with van der Waals surface area (Å²) < 4.78 is 26.7. The Morgan fingerprint density at radius 3 is 2.11 bits per heavy atom. The molecule has 1 aromatic rings. The van der Waals surface area contributed by atoms with E-state index in [1.54, 1.807) is 0 Å². The zero-order chi connectivity index (χ0) is 12.7. The van der Waals surface area contributed by atoms with Gasteiger partial charge in [-0.2, -0.15) is 0 Å². The topological polar surface area (TPSA) is 29.3 Å². The standard InChI is InChI=1S/C14H18F2N2/c15-9-4-10(16)6-14(5-9)18-12-2-1-3-13(18)8-11(17)7-12/h4-6,11-13H,1-3,7-8,17H2. The zero-order valence-corrected chi connectivity index (χ0v) is 10.3. The smallest absolute Gasteiger partial charge is 0.128 e. The highest BCUT2D eigenvalue weighted by molar-refractivity contribution is 5.50. The van der Waals surface area contributed by atoms with Gasteiger partial charge in [-0.3, -0.25) is 0 Å². The molecule has 98 valence electrons.